The zero-order valence-corrected chi connectivity index (χ0v) is 15.7. The standard InChI is InChI=1S/C20H25BrO/c1-12(2)18-10-16(6-7-20(18)22)11-19-13(3)8-17(15(5)21)9-14(19)4/h6-10,12,15,22H,11H2,1-5H3. The van der Waals surface area contributed by atoms with Gasteiger partial charge in [0, 0.05) is 4.83 Å². The molecule has 0 amide bonds. The third-order valence-electron chi connectivity index (χ3n) is 4.27. The molecule has 2 heteroatoms. The first-order valence-electron chi connectivity index (χ1n) is 7.85. The Balaban J connectivity index is 2.37. The summed E-state index contributed by atoms with van der Waals surface area (Å²) in [6.07, 6.45) is 0.911. The van der Waals surface area contributed by atoms with E-state index in [9.17, 15) is 5.11 Å². The van der Waals surface area contributed by atoms with Gasteiger partial charge in [-0.1, -0.05) is 54.0 Å². The van der Waals surface area contributed by atoms with E-state index in [0.717, 1.165) is 12.0 Å². The van der Waals surface area contributed by atoms with Gasteiger partial charge >= 0.3 is 0 Å². The second kappa shape index (κ2) is 6.87. The fourth-order valence-corrected chi connectivity index (χ4v) is 3.18. The summed E-state index contributed by atoms with van der Waals surface area (Å²) in [5, 5.41) is 9.97. The highest BCUT2D eigenvalue weighted by atomic mass is 79.9. The molecule has 0 spiro atoms. The number of hydrogen-bond donors (Lipinski definition) is 1. The van der Waals surface area contributed by atoms with Crippen LogP contribution >= 0.6 is 15.9 Å². The molecule has 2 aromatic rings. The van der Waals surface area contributed by atoms with Gasteiger partial charge in [0.1, 0.15) is 5.75 Å². The van der Waals surface area contributed by atoms with E-state index in [1.54, 1.807) is 0 Å². The van der Waals surface area contributed by atoms with Crippen molar-refractivity contribution in [3.05, 3.63) is 63.7 Å². The molecule has 2 rings (SSSR count). The van der Waals surface area contributed by atoms with Crippen LogP contribution in [0.1, 0.15) is 64.9 Å². The van der Waals surface area contributed by atoms with Crippen LogP contribution in [-0.4, -0.2) is 5.11 Å². The third-order valence-corrected chi connectivity index (χ3v) is 4.80. The minimum atomic E-state index is 0.332. The predicted molar refractivity (Wildman–Crippen MR) is 98.3 cm³/mol. The van der Waals surface area contributed by atoms with Crippen molar-refractivity contribution in [1.82, 2.24) is 0 Å². The van der Waals surface area contributed by atoms with Crippen molar-refractivity contribution in [3.8, 4) is 5.75 Å². The lowest BCUT2D eigenvalue weighted by Gasteiger charge is -2.16. The summed E-state index contributed by atoms with van der Waals surface area (Å²) in [5.41, 5.74) is 7.66. The number of benzene rings is 2. The SMILES string of the molecule is Cc1cc(C(C)Br)cc(C)c1Cc1ccc(O)c(C(C)C)c1. The van der Waals surface area contributed by atoms with E-state index in [1.807, 2.05) is 12.1 Å². The van der Waals surface area contributed by atoms with Gasteiger partial charge in [-0.15, -0.1) is 0 Å². The van der Waals surface area contributed by atoms with Gasteiger partial charge in [-0.25, -0.2) is 0 Å². The van der Waals surface area contributed by atoms with E-state index in [0.29, 0.717) is 16.5 Å². The minimum absolute atomic E-state index is 0.332. The van der Waals surface area contributed by atoms with Crippen molar-refractivity contribution in [1.29, 1.82) is 0 Å². The quantitative estimate of drug-likeness (QED) is 0.645. The Morgan fingerprint density at radius 1 is 1.00 bits per heavy atom. The van der Waals surface area contributed by atoms with Crippen molar-refractivity contribution in [2.75, 3.05) is 0 Å². The molecule has 0 heterocycles. The molecule has 0 bridgehead atoms. The molecule has 0 aliphatic carbocycles. The number of halogens is 1. The van der Waals surface area contributed by atoms with Crippen LogP contribution in [-0.2, 0) is 6.42 Å². The Morgan fingerprint density at radius 2 is 1.59 bits per heavy atom. The summed E-state index contributed by atoms with van der Waals surface area (Å²) in [6.45, 7) is 10.8. The molecule has 0 saturated heterocycles. The normalized spacial score (nSPS) is 12.7. The Morgan fingerprint density at radius 3 is 2.09 bits per heavy atom. The summed E-state index contributed by atoms with van der Waals surface area (Å²) in [6, 6.07) is 10.5. The summed E-state index contributed by atoms with van der Waals surface area (Å²) < 4.78 is 0. The van der Waals surface area contributed by atoms with Crippen LogP contribution in [0.4, 0.5) is 0 Å². The van der Waals surface area contributed by atoms with Gasteiger partial charge < -0.3 is 5.11 Å². The van der Waals surface area contributed by atoms with Crippen LogP contribution in [0.25, 0.3) is 0 Å². The zero-order chi connectivity index (χ0) is 16.4. The summed E-state index contributed by atoms with van der Waals surface area (Å²) in [5.74, 6) is 0.731. The highest BCUT2D eigenvalue weighted by molar-refractivity contribution is 9.09. The van der Waals surface area contributed by atoms with Crippen molar-refractivity contribution >= 4 is 15.9 Å². The average molecular weight is 361 g/mol. The van der Waals surface area contributed by atoms with Crippen molar-refractivity contribution in [2.45, 2.75) is 51.8 Å². The lowest BCUT2D eigenvalue weighted by molar-refractivity contribution is 0.464. The van der Waals surface area contributed by atoms with Gasteiger partial charge in [0.25, 0.3) is 0 Å². The number of aromatic hydroxyl groups is 1. The minimum Gasteiger partial charge on any atom is -0.508 e. The van der Waals surface area contributed by atoms with Crippen molar-refractivity contribution < 1.29 is 5.11 Å². The monoisotopic (exact) mass is 360 g/mol. The number of hydrogen-bond acceptors (Lipinski definition) is 1. The maximum absolute atomic E-state index is 9.97. The van der Waals surface area contributed by atoms with Crippen molar-refractivity contribution in [2.24, 2.45) is 0 Å². The molecule has 1 nitrogen and oxygen atoms in total. The Hall–Kier alpha value is -1.28. The Labute approximate surface area is 142 Å². The largest absolute Gasteiger partial charge is 0.508 e. The van der Waals surface area contributed by atoms with E-state index in [1.165, 1.54) is 27.8 Å². The van der Waals surface area contributed by atoms with Crippen LogP contribution in [0.5, 0.6) is 5.75 Å². The fraction of sp³-hybridized carbons (Fsp3) is 0.400. The molecule has 1 unspecified atom stereocenters. The highest BCUT2D eigenvalue weighted by Crippen LogP contribution is 2.30. The average Bonchev–Trinajstić information content (AvgIpc) is 2.43. The Kier molecular flexibility index (Phi) is 5.33. The van der Waals surface area contributed by atoms with Crippen molar-refractivity contribution in [3.63, 3.8) is 0 Å². The van der Waals surface area contributed by atoms with Gasteiger partial charge in [0.15, 0.2) is 0 Å². The van der Waals surface area contributed by atoms with Crippen LogP contribution in [0.15, 0.2) is 30.3 Å². The van der Waals surface area contributed by atoms with E-state index in [4.69, 9.17) is 0 Å². The molecule has 0 aromatic heterocycles. The van der Waals surface area contributed by atoms with Gasteiger partial charge in [0.05, 0.1) is 0 Å². The van der Waals surface area contributed by atoms with E-state index in [-0.39, 0.29) is 0 Å². The van der Waals surface area contributed by atoms with E-state index >= 15 is 0 Å². The van der Waals surface area contributed by atoms with Gasteiger partial charge in [0.2, 0.25) is 0 Å². The number of phenolic OH excluding ortho intramolecular Hbond substituents is 1. The van der Waals surface area contributed by atoms with Crippen LogP contribution in [0.3, 0.4) is 0 Å². The number of rotatable bonds is 4. The topological polar surface area (TPSA) is 20.2 Å². The van der Waals surface area contributed by atoms with Gasteiger partial charge in [-0.3, -0.25) is 0 Å². The molecule has 2 aromatic carbocycles. The molecule has 0 radical (unpaired) electrons. The fourth-order valence-electron chi connectivity index (χ4n) is 2.92. The summed E-state index contributed by atoms with van der Waals surface area (Å²) in [7, 11) is 0. The zero-order valence-electron chi connectivity index (χ0n) is 14.1. The summed E-state index contributed by atoms with van der Waals surface area (Å²) in [4.78, 5) is 0.375. The second-order valence-corrected chi connectivity index (χ2v) is 7.85. The van der Waals surface area contributed by atoms with Crippen LogP contribution in [0.2, 0.25) is 0 Å². The smallest absolute Gasteiger partial charge is 0.119 e. The molecule has 0 fully saturated rings. The first-order valence-corrected chi connectivity index (χ1v) is 8.77. The lowest BCUT2D eigenvalue weighted by Crippen LogP contribution is -2.00. The molecule has 0 aliphatic heterocycles. The molecule has 22 heavy (non-hydrogen) atoms. The molecule has 0 saturated carbocycles. The number of alkyl halides is 1. The highest BCUT2D eigenvalue weighted by Gasteiger charge is 2.11. The molecule has 1 atom stereocenters. The molecule has 1 N–H and O–H groups in total. The first-order chi connectivity index (χ1) is 10.3. The van der Waals surface area contributed by atoms with Crippen LogP contribution in [0, 0.1) is 13.8 Å². The number of phenols is 1. The molecule has 118 valence electrons. The van der Waals surface area contributed by atoms with E-state index < -0.39 is 0 Å². The van der Waals surface area contributed by atoms with Crippen LogP contribution < -0.4 is 0 Å². The summed E-state index contributed by atoms with van der Waals surface area (Å²) >= 11 is 3.65. The molecular formula is C20H25BrO. The van der Waals surface area contributed by atoms with Gasteiger partial charge in [-0.05, 0) is 72.6 Å². The maximum Gasteiger partial charge on any atom is 0.119 e. The van der Waals surface area contributed by atoms with Gasteiger partial charge in [-0.2, -0.15) is 0 Å². The number of aryl methyl sites for hydroxylation is 2. The first kappa shape index (κ1) is 17.1. The maximum atomic E-state index is 9.97. The lowest BCUT2D eigenvalue weighted by atomic mass is 9.91. The third kappa shape index (κ3) is 3.73. The Bertz CT molecular complexity index is 648. The van der Waals surface area contributed by atoms with E-state index in [2.05, 4.69) is 68.7 Å². The predicted octanol–water partition coefficient (Wildman–Crippen LogP) is 6.18. The second-order valence-electron chi connectivity index (χ2n) is 6.47. The molecular weight excluding hydrogens is 336 g/mol. The molecule has 0 aliphatic rings.